The highest BCUT2D eigenvalue weighted by molar-refractivity contribution is 7.59. The van der Waals surface area contributed by atoms with Crippen LogP contribution in [0.5, 0.6) is 0 Å². The van der Waals surface area contributed by atoms with Crippen molar-refractivity contribution in [1.82, 2.24) is 0 Å². The smallest absolute Gasteiger partial charge is 0.103 e. The highest BCUT2D eigenvalue weighted by atomic mass is 35.5. The first-order chi connectivity index (χ1) is 4.55. The third-order valence-electron chi connectivity index (χ3n) is 1.96. The van der Waals surface area contributed by atoms with Crippen molar-refractivity contribution in [1.29, 1.82) is 0 Å². The summed E-state index contributed by atoms with van der Waals surface area (Å²) < 4.78 is 0. The Morgan fingerprint density at radius 3 is 2.55 bits per heavy atom. The molecule has 2 atom stereocenters. The molecule has 1 N–H and O–H groups in total. The summed E-state index contributed by atoms with van der Waals surface area (Å²) >= 11 is 5.83. The molecule has 1 aliphatic carbocycles. The van der Waals surface area contributed by atoms with Gasteiger partial charge in [0.15, 0.2) is 0 Å². The van der Waals surface area contributed by atoms with E-state index in [1.165, 1.54) is 0 Å². The van der Waals surface area contributed by atoms with Crippen LogP contribution in [-0.2, 0) is 0 Å². The second kappa shape index (κ2) is 3.65. The van der Waals surface area contributed by atoms with E-state index in [0.29, 0.717) is 0 Å². The molecule has 1 aliphatic rings. The van der Waals surface area contributed by atoms with Crippen LogP contribution in [0.4, 0.5) is 0 Å². The van der Waals surface area contributed by atoms with Crippen LogP contribution in [0.1, 0.15) is 13.8 Å². The van der Waals surface area contributed by atoms with Crippen molar-refractivity contribution in [2.75, 3.05) is 0 Å². The third kappa shape index (κ3) is 2.01. The predicted molar refractivity (Wildman–Crippen MR) is 53.5 cm³/mol. The molecule has 0 saturated heterocycles. The van der Waals surface area contributed by atoms with E-state index in [-0.39, 0.29) is 18.9 Å². The minimum atomic E-state index is -0.865. The van der Waals surface area contributed by atoms with Crippen molar-refractivity contribution in [3.63, 3.8) is 0 Å². The number of halogens is 1. The monoisotopic (exact) mass is 192 g/mol. The summed E-state index contributed by atoms with van der Waals surface area (Å²) in [5.41, 5.74) is 0.0473. The van der Waals surface area contributed by atoms with Gasteiger partial charge in [-0.1, -0.05) is 18.2 Å². The summed E-state index contributed by atoms with van der Waals surface area (Å²) in [4.78, 5) is 0. The Bertz CT molecular complexity index is 196. The van der Waals surface area contributed by atoms with Gasteiger partial charge in [0.2, 0.25) is 0 Å². The Morgan fingerprint density at radius 1 is 1.64 bits per heavy atom. The Hall–Kier alpha value is 0.0800. The summed E-state index contributed by atoms with van der Waals surface area (Å²) in [5, 5.41) is 9.37. The number of alkyl halides is 1. The van der Waals surface area contributed by atoms with Gasteiger partial charge in [0.25, 0.3) is 0 Å². The maximum absolute atomic E-state index is 9.66. The Kier molecular flexibility index (Phi) is 3.68. The normalized spacial score (nSPS) is 36.0. The van der Waals surface area contributed by atoms with E-state index in [0.717, 1.165) is 5.57 Å². The van der Waals surface area contributed by atoms with Crippen molar-refractivity contribution in [2.45, 2.75) is 24.8 Å². The van der Waals surface area contributed by atoms with E-state index in [1.54, 1.807) is 13.0 Å². The van der Waals surface area contributed by atoms with E-state index in [9.17, 15) is 5.11 Å². The highest BCUT2D eigenvalue weighted by Crippen LogP contribution is 2.28. The lowest BCUT2D eigenvalue weighted by atomic mass is 9.89. The third-order valence-corrected chi connectivity index (χ3v) is 2.53. The first-order valence-electron chi connectivity index (χ1n) is 3.27. The van der Waals surface area contributed by atoms with E-state index < -0.39 is 5.60 Å². The number of aliphatic hydroxyl groups is 1. The fraction of sp³-hybridized carbons (Fsp3) is 0.500. The Labute approximate surface area is 79.2 Å². The van der Waals surface area contributed by atoms with Crippen molar-refractivity contribution in [3.8, 4) is 0 Å². The standard InChI is InChI=1S/C8H11ClO.H2S/c1-6-4-3-5-7(9)8(6,2)10;/h3-5,7,10H,1-2H3;1H2. The lowest BCUT2D eigenvalue weighted by Gasteiger charge is -2.29. The van der Waals surface area contributed by atoms with Gasteiger partial charge >= 0.3 is 0 Å². The molecule has 0 spiro atoms. The minimum Gasteiger partial charge on any atom is -0.384 e. The van der Waals surface area contributed by atoms with Gasteiger partial charge in [0, 0.05) is 0 Å². The zero-order valence-corrected chi connectivity index (χ0v) is 8.39. The van der Waals surface area contributed by atoms with Gasteiger partial charge in [-0.25, -0.2) is 0 Å². The van der Waals surface area contributed by atoms with Crippen LogP contribution < -0.4 is 0 Å². The largest absolute Gasteiger partial charge is 0.384 e. The van der Waals surface area contributed by atoms with Crippen LogP contribution in [0, 0.1) is 0 Å². The fourth-order valence-corrected chi connectivity index (χ4v) is 1.13. The zero-order valence-electron chi connectivity index (χ0n) is 6.63. The topological polar surface area (TPSA) is 20.2 Å². The molecule has 1 nitrogen and oxygen atoms in total. The molecule has 0 aromatic heterocycles. The van der Waals surface area contributed by atoms with Gasteiger partial charge in [-0.15, -0.1) is 11.6 Å². The summed E-state index contributed by atoms with van der Waals surface area (Å²) in [7, 11) is 0. The molecule has 0 bridgehead atoms. The van der Waals surface area contributed by atoms with Gasteiger partial charge < -0.3 is 5.11 Å². The van der Waals surface area contributed by atoms with Gasteiger partial charge in [-0.2, -0.15) is 13.5 Å². The molecule has 2 unspecified atom stereocenters. The maximum atomic E-state index is 9.66. The first kappa shape index (κ1) is 11.1. The minimum absolute atomic E-state index is 0. The van der Waals surface area contributed by atoms with Crippen molar-refractivity contribution >= 4 is 25.1 Å². The molecule has 1 rings (SSSR count). The van der Waals surface area contributed by atoms with Crippen molar-refractivity contribution < 1.29 is 5.11 Å². The highest BCUT2D eigenvalue weighted by Gasteiger charge is 2.31. The van der Waals surface area contributed by atoms with Crippen LogP contribution in [0.2, 0.25) is 0 Å². The van der Waals surface area contributed by atoms with E-state index in [4.69, 9.17) is 11.6 Å². The molecule has 0 radical (unpaired) electrons. The van der Waals surface area contributed by atoms with E-state index >= 15 is 0 Å². The second-order valence-corrected chi connectivity index (χ2v) is 3.25. The molecule has 0 aromatic carbocycles. The molecule has 0 aliphatic heterocycles. The van der Waals surface area contributed by atoms with Crippen LogP contribution in [0.15, 0.2) is 23.8 Å². The van der Waals surface area contributed by atoms with Crippen LogP contribution >= 0.6 is 25.1 Å². The van der Waals surface area contributed by atoms with Crippen LogP contribution in [0.3, 0.4) is 0 Å². The average molecular weight is 193 g/mol. The maximum Gasteiger partial charge on any atom is 0.103 e. The summed E-state index contributed by atoms with van der Waals surface area (Å²) in [6.07, 6.45) is 5.53. The average Bonchev–Trinajstić information content (AvgIpc) is 1.84. The van der Waals surface area contributed by atoms with Crippen LogP contribution in [0.25, 0.3) is 0 Å². The molecule has 11 heavy (non-hydrogen) atoms. The second-order valence-electron chi connectivity index (χ2n) is 2.78. The molecule has 0 aromatic rings. The van der Waals surface area contributed by atoms with Gasteiger partial charge in [-0.3, -0.25) is 0 Å². The summed E-state index contributed by atoms with van der Waals surface area (Å²) in [6, 6.07) is 0. The summed E-state index contributed by atoms with van der Waals surface area (Å²) in [6.45, 7) is 3.60. The number of hydrogen-bond acceptors (Lipinski definition) is 1. The molecule has 0 heterocycles. The number of hydrogen-bond donors (Lipinski definition) is 1. The first-order valence-corrected chi connectivity index (χ1v) is 3.71. The van der Waals surface area contributed by atoms with Gasteiger partial charge in [0.05, 0.1) is 5.38 Å². The quantitative estimate of drug-likeness (QED) is 0.582. The van der Waals surface area contributed by atoms with Crippen molar-refractivity contribution in [3.05, 3.63) is 23.8 Å². The van der Waals surface area contributed by atoms with Gasteiger partial charge in [0.1, 0.15) is 5.60 Å². The molecule has 0 amide bonds. The Balaban J connectivity index is 0.000001000. The molecular formula is C8H13ClOS. The predicted octanol–water partition coefficient (Wildman–Crippen LogP) is 1.97. The summed E-state index contributed by atoms with van der Waals surface area (Å²) in [5.74, 6) is 0. The Morgan fingerprint density at radius 2 is 2.18 bits per heavy atom. The van der Waals surface area contributed by atoms with Gasteiger partial charge in [-0.05, 0) is 19.4 Å². The number of rotatable bonds is 0. The molecule has 0 saturated carbocycles. The van der Waals surface area contributed by atoms with Crippen LogP contribution in [-0.4, -0.2) is 16.1 Å². The molecule has 64 valence electrons. The van der Waals surface area contributed by atoms with E-state index in [2.05, 4.69) is 0 Å². The zero-order chi connectivity index (χ0) is 7.78. The lowest BCUT2D eigenvalue weighted by Crippen LogP contribution is -2.36. The SMILES string of the molecule is CC1=CC=CC(Cl)C1(C)O.S. The molecular weight excluding hydrogens is 180 g/mol. The fourth-order valence-electron chi connectivity index (χ4n) is 0.871. The molecule has 3 heteroatoms. The van der Waals surface area contributed by atoms with Crippen molar-refractivity contribution in [2.24, 2.45) is 0 Å². The lowest BCUT2D eigenvalue weighted by molar-refractivity contribution is 0.104. The number of allylic oxidation sites excluding steroid dienone is 2. The van der Waals surface area contributed by atoms with E-state index in [1.807, 2.05) is 19.1 Å². The molecule has 0 fully saturated rings.